The Labute approximate surface area is 116 Å². The molecule has 0 saturated heterocycles. The fourth-order valence-electron chi connectivity index (χ4n) is 1.60. The SMILES string of the molecule is CC(O)(C#Cc1ccc(Cl)c(F)c1)c1ccccc1. The monoisotopic (exact) mass is 274 g/mol. The molecule has 2 rings (SSSR count). The summed E-state index contributed by atoms with van der Waals surface area (Å²) in [6.07, 6.45) is 0. The van der Waals surface area contributed by atoms with Crippen LogP contribution in [0.25, 0.3) is 0 Å². The molecule has 0 spiro atoms. The third kappa shape index (κ3) is 3.35. The van der Waals surface area contributed by atoms with Gasteiger partial charge in [0.25, 0.3) is 0 Å². The van der Waals surface area contributed by atoms with E-state index >= 15 is 0 Å². The third-order valence-corrected chi connectivity index (χ3v) is 3.01. The summed E-state index contributed by atoms with van der Waals surface area (Å²) in [7, 11) is 0. The van der Waals surface area contributed by atoms with Crippen LogP contribution in [0.1, 0.15) is 18.1 Å². The van der Waals surface area contributed by atoms with Gasteiger partial charge < -0.3 is 5.11 Å². The fraction of sp³-hybridized carbons (Fsp3) is 0.125. The van der Waals surface area contributed by atoms with Crippen molar-refractivity contribution < 1.29 is 9.50 Å². The smallest absolute Gasteiger partial charge is 0.148 e. The number of rotatable bonds is 1. The highest BCUT2D eigenvalue weighted by Crippen LogP contribution is 2.20. The average molecular weight is 275 g/mol. The highest BCUT2D eigenvalue weighted by molar-refractivity contribution is 6.30. The Morgan fingerprint density at radius 3 is 2.47 bits per heavy atom. The van der Waals surface area contributed by atoms with Crippen molar-refractivity contribution in [2.24, 2.45) is 0 Å². The van der Waals surface area contributed by atoms with Crippen molar-refractivity contribution in [3.63, 3.8) is 0 Å². The zero-order valence-electron chi connectivity index (χ0n) is 10.3. The van der Waals surface area contributed by atoms with E-state index < -0.39 is 11.4 Å². The van der Waals surface area contributed by atoms with Crippen molar-refractivity contribution in [3.8, 4) is 11.8 Å². The Kier molecular flexibility index (Phi) is 3.90. The van der Waals surface area contributed by atoms with Crippen molar-refractivity contribution in [2.45, 2.75) is 12.5 Å². The lowest BCUT2D eigenvalue weighted by Gasteiger charge is -2.16. The third-order valence-electron chi connectivity index (χ3n) is 2.71. The largest absolute Gasteiger partial charge is 0.374 e. The summed E-state index contributed by atoms with van der Waals surface area (Å²) in [5.74, 6) is 4.97. The maximum atomic E-state index is 13.3. The molecule has 2 aromatic rings. The number of hydrogen-bond donors (Lipinski definition) is 1. The van der Waals surface area contributed by atoms with E-state index in [1.54, 1.807) is 25.1 Å². The molecule has 0 aliphatic carbocycles. The molecule has 0 aliphatic heterocycles. The fourth-order valence-corrected chi connectivity index (χ4v) is 1.72. The second kappa shape index (κ2) is 5.44. The van der Waals surface area contributed by atoms with Crippen LogP contribution in [0.4, 0.5) is 4.39 Å². The lowest BCUT2D eigenvalue weighted by molar-refractivity contribution is 0.122. The van der Waals surface area contributed by atoms with Crippen molar-refractivity contribution in [1.82, 2.24) is 0 Å². The minimum Gasteiger partial charge on any atom is -0.374 e. The average Bonchev–Trinajstić information content (AvgIpc) is 2.41. The molecular formula is C16H12ClFO. The molecule has 0 heterocycles. The first kappa shape index (κ1) is 13.6. The van der Waals surface area contributed by atoms with Crippen LogP contribution in [-0.4, -0.2) is 5.11 Å². The normalized spacial score (nSPS) is 13.3. The van der Waals surface area contributed by atoms with Crippen LogP contribution < -0.4 is 0 Å². The number of aliphatic hydroxyl groups is 1. The summed E-state index contributed by atoms with van der Waals surface area (Å²) in [4.78, 5) is 0. The zero-order valence-corrected chi connectivity index (χ0v) is 11.1. The Balaban J connectivity index is 2.30. The van der Waals surface area contributed by atoms with Crippen molar-refractivity contribution >= 4 is 11.6 Å². The Hall–Kier alpha value is -1.82. The van der Waals surface area contributed by atoms with E-state index in [-0.39, 0.29) is 5.02 Å². The quantitative estimate of drug-likeness (QED) is 0.786. The molecule has 2 aromatic carbocycles. The van der Waals surface area contributed by atoms with Gasteiger partial charge >= 0.3 is 0 Å². The number of hydrogen-bond acceptors (Lipinski definition) is 1. The standard InChI is InChI=1S/C16H12ClFO/c1-16(19,13-5-3-2-4-6-13)10-9-12-7-8-14(17)15(18)11-12/h2-8,11,19H,1H3. The molecule has 0 aliphatic rings. The topological polar surface area (TPSA) is 20.2 Å². The highest BCUT2D eigenvalue weighted by atomic mass is 35.5. The number of halogens is 2. The molecule has 1 unspecified atom stereocenters. The Bertz CT molecular complexity index is 639. The van der Waals surface area contributed by atoms with Gasteiger partial charge in [0, 0.05) is 5.56 Å². The zero-order chi connectivity index (χ0) is 13.9. The van der Waals surface area contributed by atoms with Gasteiger partial charge in [-0.05, 0) is 30.7 Å². The van der Waals surface area contributed by atoms with Gasteiger partial charge in [-0.15, -0.1) is 0 Å². The second-order valence-corrected chi connectivity index (χ2v) is 4.72. The van der Waals surface area contributed by atoms with Crippen LogP contribution in [0.15, 0.2) is 48.5 Å². The van der Waals surface area contributed by atoms with Gasteiger partial charge in [0.2, 0.25) is 0 Å². The maximum absolute atomic E-state index is 13.3. The molecule has 1 atom stereocenters. The maximum Gasteiger partial charge on any atom is 0.148 e. The van der Waals surface area contributed by atoms with Gasteiger partial charge in [0.1, 0.15) is 11.4 Å². The second-order valence-electron chi connectivity index (χ2n) is 4.32. The molecule has 19 heavy (non-hydrogen) atoms. The first-order valence-corrected chi connectivity index (χ1v) is 6.13. The van der Waals surface area contributed by atoms with Gasteiger partial charge in [-0.25, -0.2) is 4.39 Å². The predicted molar refractivity (Wildman–Crippen MR) is 74.3 cm³/mol. The van der Waals surface area contributed by atoms with Crippen LogP contribution in [0.3, 0.4) is 0 Å². The van der Waals surface area contributed by atoms with Crippen LogP contribution in [0.5, 0.6) is 0 Å². The molecule has 0 fully saturated rings. The molecule has 0 saturated carbocycles. The summed E-state index contributed by atoms with van der Waals surface area (Å²) in [6.45, 7) is 1.60. The molecule has 96 valence electrons. The van der Waals surface area contributed by atoms with Gasteiger partial charge in [-0.1, -0.05) is 53.8 Å². The molecule has 0 amide bonds. The first-order valence-electron chi connectivity index (χ1n) is 5.75. The minimum atomic E-state index is -1.28. The van der Waals surface area contributed by atoms with Crippen LogP contribution in [0.2, 0.25) is 5.02 Å². The summed E-state index contributed by atoms with van der Waals surface area (Å²) < 4.78 is 13.3. The van der Waals surface area contributed by atoms with E-state index in [0.29, 0.717) is 11.1 Å². The van der Waals surface area contributed by atoms with Crippen LogP contribution >= 0.6 is 11.6 Å². The molecule has 1 N–H and O–H groups in total. The molecule has 3 heteroatoms. The van der Waals surface area contributed by atoms with E-state index in [4.69, 9.17) is 11.6 Å². The van der Waals surface area contributed by atoms with E-state index in [0.717, 1.165) is 0 Å². The molecular weight excluding hydrogens is 263 g/mol. The van der Waals surface area contributed by atoms with Crippen LogP contribution in [0, 0.1) is 17.7 Å². The van der Waals surface area contributed by atoms with E-state index in [1.807, 2.05) is 18.2 Å². The summed E-state index contributed by atoms with van der Waals surface area (Å²) in [5, 5.41) is 10.3. The molecule has 1 nitrogen and oxygen atoms in total. The van der Waals surface area contributed by atoms with Gasteiger partial charge in [-0.2, -0.15) is 0 Å². The van der Waals surface area contributed by atoms with Crippen molar-refractivity contribution in [2.75, 3.05) is 0 Å². The van der Waals surface area contributed by atoms with E-state index in [9.17, 15) is 9.50 Å². The molecule has 0 bridgehead atoms. The van der Waals surface area contributed by atoms with Crippen molar-refractivity contribution in [1.29, 1.82) is 0 Å². The van der Waals surface area contributed by atoms with Gasteiger partial charge in [-0.3, -0.25) is 0 Å². The lowest BCUT2D eigenvalue weighted by Crippen LogP contribution is -2.18. The summed E-state index contributed by atoms with van der Waals surface area (Å²) in [6, 6.07) is 13.4. The van der Waals surface area contributed by atoms with Crippen LogP contribution in [-0.2, 0) is 5.60 Å². The lowest BCUT2D eigenvalue weighted by atomic mass is 9.96. The van der Waals surface area contributed by atoms with Gasteiger partial charge in [0.05, 0.1) is 5.02 Å². The number of benzene rings is 2. The van der Waals surface area contributed by atoms with Crippen molar-refractivity contribution in [3.05, 3.63) is 70.5 Å². The summed E-state index contributed by atoms with van der Waals surface area (Å²) >= 11 is 5.59. The highest BCUT2D eigenvalue weighted by Gasteiger charge is 2.19. The van der Waals surface area contributed by atoms with E-state index in [2.05, 4.69) is 11.8 Å². The van der Waals surface area contributed by atoms with E-state index in [1.165, 1.54) is 12.1 Å². The Morgan fingerprint density at radius 1 is 1.16 bits per heavy atom. The summed E-state index contributed by atoms with van der Waals surface area (Å²) in [5.41, 5.74) is -0.118. The van der Waals surface area contributed by atoms with Gasteiger partial charge in [0.15, 0.2) is 0 Å². The Morgan fingerprint density at radius 2 is 1.84 bits per heavy atom. The predicted octanol–water partition coefficient (Wildman–Crippen LogP) is 3.74. The molecule has 0 aromatic heterocycles. The minimum absolute atomic E-state index is 0.0559. The first-order chi connectivity index (χ1) is 8.99. The molecule has 0 radical (unpaired) electrons.